The summed E-state index contributed by atoms with van der Waals surface area (Å²) in [6.45, 7) is 0. The second kappa shape index (κ2) is 8.69. The van der Waals surface area contributed by atoms with E-state index in [-0.39, 0.29) is 0 Å². The zero-order valence-corrected chi connectivity index (χ0v) is 14.3. The van der Waals surface area contributed by atoms with Crippen LogP contribution in [0.3, 0.4) is 0 Å². The molecule has 1 nitrogen and oxygen atoms in total. The normalized spacial score (nSPS) is 10.1. The third-order valence-electron chi connectivity index (χ3n) is 2.07. The smallest absolute Gasteiger partial charge is 0.129 e. The van der Waals surface area contributed by atoms with Crippen LogP contribution < -0.4 is 0 Å². The molecule has 0 N–H and O–H groups in total. The van der Waals surface area contributed by atoms with Gasteiger partial charge in [0.1, 0.15) is 21.0 Å². The Labute approximate surface area is 109 Å². The molecule has 0 atom stereocenters. The van der Waals surface area contributed by atoms with Crippen molar-refractivity contribution in [2.45, 2.75) is 0 Å². The molecule has 0 fully saturated rings. The lowest BCUT2D eigenvalue weighted by atomic mass is 10.1. The highest BCUT2D eigenvalue weighted by Gasteiger charge is 1.84. The monoisotopic (exact) mass is 258 g/mol. The van der Waals surface area contributed by atoms with Crippen LogP contribution in [0.4, 0.5) is 0 Å². The SMILES string of the molecule is C(=Cc1ccccc1)c1ccccc1.[SiH3]O[SiH3]. The first-order chi connectivity index (χ1) is 8.36. The summed E-state index contributed by atoms with van der Waals surface area (Å²) < 4.78 is 4.53. The lowest BCUT2D eigenvalue weighted by molar-refractivity contribution is 0.690. The average Bonchev–Trinajstić information content (AvgIpc) is 2.40. The molecule has 88 valence electrons. The van der Waals surface area contributed by atoms with Crippen molar-refractivity contribution in [3.63, 3.8) is 0 Å². The molecule has 17 heavy (non-hydrogen) atoms. The standard InChI is InChI=1S/C14H12.H6OSi2/c1-3-7-13(8-4-1)11-12-14-9-5-2-6-10-14;2-1-3/h1-12H;2-3H3. The van der Waals surface area contributed by atoms with E-state index >= 15 is 0 Å². The van der Waals surface area contributed by atoms with E-state index in [2.05, 4.69) is 40.5 Å². The van der Waals surface area contributed by atoms with Crippen molar-refractivity contribution in [3.05, 3.63) is 71.8 Å². The number of hydrogen-bond acceptors (Lipinski definition) is 1. The first-order valence-corrected chi connectivity index (χ1v) is 7.18. The van der Waals surface area contributed by atoms with E-state index in [0.29, 0.717) is 0 Å². The maximum absolute atomic E-state index is 4.53. The van der Waals surface area contributed by atoms with Crippen LogP contribution in [0.25, 0.3) is 12.2 Å². The summed E-state index contributed by atoms with van der Waals surface area (Å²) in [7, 11) is 1.86. The van der Waals surface area contributed by atoms with Crippen molar-refractivity contribution in [2.75, 3.05) is 0 Å². The summed E-state index contributed by atoms with van der Waals surface area (Å²) in [6.07, 6.45) is 4.24. The molecule has 0 saturated heterocycles. The van der Waals surface area contributed by atoms with Gasteiger partial charge in [0.2, 0.25) is 0 Å². The van der Waals surface area contributed by atoms with E-state index in [9.17, 15) is 0 Å². The summed E-state index contributed by atoms with van der Waals surface area (Å²) in [5.74, 6) is 0. The van der Waals surface area contributed by atoms with E-state index in [1.807, 2.05) is 36.4 Å². The second-order valence-electron chi connectivity index (χ2n) is 3.56. The number of rotatable bonds is 2. The fourth-order valence-electron chi connectivity index (χ4n) is 1.32. The molecule has 3 heteroatoms. The maximum Gasteiger partial charge on any atom is 0.129 e. The van der Waals surface area contributed by atoms with Gasteiger partial charge in [-0.25, -0.2) is 0 Å². The van der Waals surface area contributed by atoms with Crippen LogP contribution in [-0.4, -0.2) is 21.0 Å². The van der Waals surface area contributed by atoms with Gasteiger partial charge < -0.3 is 4.12 Å². The van der Waals surface area contributed by atoms with Crippen LogP contribution >= 0.6 is 0 Å². The van der Waals surface area contributed by atoms with Gasteiger partial charge in [-0.2, -0.15) is 0 Å². The first-order valence-electron chi connectivity index (χ1n) is 5.55. The average molecular weight is 258 g/mol. The minimum Gasteiger partial charge on any atom is -0.471 e. The van der Waals surface area contributed by atoms with Crippen LogP contribution in [-0.2, 0) is 4.12 Å². The second-order valence-corrected chi connectivity index (χ2v) is 6.83. The van der Waals surface area contributed by atoms with Gasteiger partial charge in [0, 0.05) is 0 Å². The molecule has 2 aromatic carbocycles. The predicted molar refractivity (Wildman–Crippen MR) is 82.8 cm³/mol. The highest BCUT2D eigenvalue weighted by atomic mass is 28.3. The minimum atomic E-state index is 0.931. The van der Waals surface area contributed by atoms with E-state index in [1.165, 1.54) is 11.1 Å². The Bertz CT molecular complexity index is 385. The van der Waals surface area contributed by atoms with Crippen molar-refractivity contribution >= 4 is 33.1 Å². The van der Waals surface area contributed by atoms with Crippen LogP contribution in [0.5, 0.6) is 0 Å². The van der Waals surface area contributed by atoms with Gasteiger partial charge >= 0.3 is 0 Å². The Hall–Kier alpha value is -1.43. The number of hydrogen-bond donors (Lipinski definition) is 0. The third-order valence-corrected chi connectivity index (χ3v) is 2.07. The molecule has 0 bridgehead atoms. The van der Waals surface area contributed by atoms with Crippen molar-refractivity contribution in [1.29, 1.82) is 0 Å². The summed E-state index contributed by atoms with van der Waals surface area (Å²) in [4.78, 5) is 0. The Morgan fingerprint density at radius 2 is 0.941 bits per heavy atom. The Balaban J connectivity index is 0.000000437. The van der Waals surface area contributed by atoms with Gasteiger partial charge in [-0.05, 0) is 11.1 Å². The topological polar surface area (TPSA) is 9.23 Å². The summed E-state index contributed by atoms with van der Waals surface area (Å²) in [5.41, 5.74) is 2.47. The van der Waals surface area contributed by atoms with Crippen LogP contribution in [0.15, 0.2) is 60.7 Å². The molecule has 0 aliphatic carbocycles. The Morgan fingerprint density at radius 3 is 1.24 bits per heavy atom. The van der Waals surface area contributed by atoms with Gasteiger partial charge in [-0.1, -0.05) is 72.8 Å². The Morgan fingerprint density at radius 1 is 0.647 bits per heavy atom. The van der Waals surface area contributed by atoms with E-state index in [4.69, 9.17) is 0 Å². The third kappa shape index (κ3) is 6.01. The van der Waals surface area contributed by atoms with Crippen LogP contribution in [0.2, 0.25) is 0 Å². The fourth-order valence-corrected chi connectivity index (χ4v) is 1.32. The Kier molecular flexibility index (Phi) is 6.97. The molecule has 0 saturated carbocycles. The molecule has 0 aliphatic rings. The quantitative estimate of drug-likeness (QED) is 0.585. The largest absolute Gasteiger partial charge is 0.471 e. The highest BCUT2D eigenvalue weighted by molar-refractivity contribution is 6.15. The van der Waals surface area contributed by atoms with Gasteiger partial charge in [-0.15, -0.1) is 0 Å². The van der Waals surface area contributed by atoms with E-state index in [1.54, 1.807) is 0 Å². The molecule has 0 heterocycles. The van der Waals surface area contributed by atoms with Crippen molar-refractivity contribution in [3.8, 4) is 0 Å². The van der Waals surface area contributed by atoms with Crippen LogP contribution in [0, 0.1) is 0 Å². The molecule has 2 aromatic rings. The molecule has 0 spiro atoms. The lowest BCUT2D eigenvalue weighted by Crippen LogP contribution is -1.70. The first kappa shape index (κ1) is 13.6. The van der Waals surface area contributed by atoms with Gasteiger partial charge in [0.15, 0.2) is 0 Å². The van der Waals surface area contributed by atoms with Crippen molar-refractivity contribution in [1.82, 2.24) is 0 Å². The molecule has 0 aromatic heterocycles. The summed E-state index contributed by atoms with van der Waals surface area (Å²) in [6, 6.07) is 20.6. The summed E-state index contributed by atoms with van der Waals surface area (Å²) >= 11 is 0. The van der Waals surface area contributed by atoms with Crippen LogP contribution in [0.1, 0.15) is 11.1 Å². The molecule has 0 radical (unpaired) electrons. The molecule has 0 aliphatic heterocycles. The van der Waals surface area contributed by atoms with Gasteiger partial charge in [0.05, 0.1) is 0 Å². The fraction of sp³-hybridized carbons (Fsp3) is 0. The van der Waals surface area contributed by atoms with Crippen molar-refractivity contribution < 1.29 is 4.12 Å². The molecular weight excluding hydrogens is 240 g/mol. The number of benzene rings is 2. The van der Waals surface area contributed by atoms with Gasteiger partial charge in [0.25, 0.3) is 0 Å². The highest BCUT2D eigenvalue weighted by Crippen LogP contribution is 2.06. The lowest BCUT2D eigenvalue weighted by Gasteiger charge is -1.92. The van der Waals surface area contributed by atoms with Gasteiger partial charge in [-0.3, -0.25) is 0 Å². The molecule has 2 rings (SSSR count). The zero-order valence-electron chi connectivity index (χ0n) is 10.3. The zero-order chi connectivity index (χ0) is 12.3. The van der Waals surface area contributed by atoms with Crippen molar-refractivity contribution in [2.24, 2.45) is 0 Å². The predicted octanol–water partition coefficient (Wildman–Crippen LogP) is 1.42. The molecule has 0 amide bonds. The van der Waals surface area contributed by atoms with E-state index < -0.39 is 0 Å². The summed E-state index contributed by atoms with van der Waals surface area (Å²) in [5, 5.41) is 0. The van der Waals surface area contributed by atoms with E-state index in [0.717, 1.165) is 21.0 Å². The molecular formula is C14H18OSi2. The maximum atomic E-state index is 4.53. The minimum absolute atomic E-state index is 0.931. The molecule has 0 unspecified atom stereocenters.